The summed E-state index contributed by atoms with van der Waals surface area (Å²) in [4.78, 5) is 0. The first-order chi connectivity index (χ1) is 12.3. The number of ether oxygens (including phenoxy) is 4. The Morgan fingerprint density at radius 1 is 1.12 bits per heavy atom. The first-order valence-electron chi connectivity index (χ1n) is 9.10. The Hall–Kier alpha value is -1.21. The molecule has 3 atom stereocenters. The molecule has 0 spiro atoms. The molecule has 0 aromatic heterocycles. The highest BCUT2D eigenvalue weighted by Crippen LogP contribution is 2.40. The highest BCUT2D eigenvalue weighted by Gasteiger charge is 2.34. The summed E-state index contributed by atoms with van der Waals surface area (Å²) in [6.45, 7) is 3.35. The second-order valence-corrected chi connectivity index (χ2v) is 6.71. The molecule has 2 fully saturated rings. The molecule has 7 heteroatoms. The normalized spacial score (nSPS) is 25.4. The molecule has 1 aromatic carbocycles. The van der Waals surface area contributed by atoms with Gasteiger partial charge in [-0.2, -0.15) is 0 Å². The van der Waals surface area contributed by atoms with Crippen molar-refractivity contribution in [2.24, 2.45) is 5.92 Å². The molecule has 148 valence electrons. The average Bonchev–Trinajstić information content (AvgIpc) is 3.14. The van der Waals surface area contributed by atoms with Crippen LogP contribution in [0, 0.1) is 5.92 Å². The van der Waals surface area contributed by atoms with Crippen LogP contribution in [0.3, 0.4) is 0 Å². The van der Waals surface area contributed by atoms with Gasteiger partial charge in [0.2, 0.25) is 5.75 Å². The van der Waals surface area contributed by atoms with Crippen LogP contribution in [-0.2, 0) is 11.3 Å². The van der Waals surface area contributed by atoms with Gasteiger partial charge < -0.3 is 29.6 Å². The van der Waals surface area contributed by atoms with Crippen molar-refractivity contribution in [3.05, 3.63) is 17.7 Å². The average molecular weight is 387 g/mol. The molecule has 26 heavy (non-hydrogen) atoms. The fraction of sp³-hybridized carbons (Fsp3) is 0.684. The summed E-state index contributed by atoms with van der Waals surface area (Å²) in [7, 11) is 4.94. The third-order valence-corrected chi connectivity index (χ3v) is 5.38. The molecule has 0 amide bonds. The van der Waals surface area contributed by atoms with Crippen LogP contribution in [0.25, 0.3) is 0 Å². The molecule has 1 saturated heterocycles. The lowest BCUT2D eigenvalue weighted by Crippen LogP contribution is -2.50. The van der Waals surface area contributed by atoms with Crippen LogP contribution in [0.1, 0.15) is 24.8 Å². The van der Waals surface area contributed by atoms with Gasteiger partial charge in [0.05, 0.1) is 34.5 Å². The van der Waals surface area contributed by atoms with Gasteiger partial charge in [-0.25, -0.2) is 0 Å². The van der Waals surface area contributed by atoms with Crippen molar-refractivity contribution in [2.45, 2.75) is 37.9 Å². The van der Waals surface area contributed by atoms with Crippen LogP contribution in [0.5, 0.6) is 17.2 Å². The highest BCUT2D eigenvalue weighted by atomic mass is 35.5. The minimum atomic E-state index is 0. The Balaban J connectivity index is 0.00000243. The van der Waals surface area contributed by atoms with E-state index in [2.05, 4.69) is 10.6 Å². The third-order valence-electron chi connectivity index (χ3n) is 5.38. The van der Waals surface area contributed by atoms with Crippen LogP contribution in [-0.4, -0.2) is 53.2 Å². The first kappa shape index (κ1) is 21.1. The Morgan fingerprint density at radius 2 is 1.92 bits per heavy atom. The summed E-state index contributed by atoms with van der Waals surface area (Å²) in [6.07, 6.45) is 3.73. The molecule has 2 aliphatic rings. The molecule has 1 aromatic rings. The lowest BCUT2D eigenvalue weighted by atomic mass is 9.94. The van der Waals surface area contributed by atoms with Gasteiger partial charge in [0.25, 0.3) is 0 Å². The van der Waals surface area contributed by atoms with Crippen LogP contribution in [0.4, 0.5) is 0 Å². The molecule has 1 saturated carbocycles. The number of benzene rings is 1. The summed E-state index contributed by atoms with van der Waals surface area (Å²) >= 11 is 0. The standard InChI is InChI=1S/C19H30N2O4.ClH/c1-22-17-8-7-13(18(23-2)19(17)24-3)11-21-15-6-4-5-14(15)16-12-25-10-9-20-16;/h7-8,14-16,20-21H,4-6,9-12H2,1-3H3;1H. The van der Waals surface area contributed by atoms with E-state index in [9.17, 15) is 0 Å². The Kier molecular flexibility index (Phi) is 8.28. The molecule has 1 aliphatic carbocycles. The van der Waals surface area contributed by atoms with E-state index >= 15 is 0 Å². The largest absolute Gasteiger partial charge is 0.493 e. The van der Waals surface area contributed by atoms with Gasteiger partial charge in [0.15, 0.2) is 11.5 Å². The Bertz CT molecular complexity index is 567. The summed E-state index contributed by atoms with van der Waals surface area (Å²) in [5.74, 6) is 2.69. The van der Waals surface area contributed by atoms with E-state index in [1.807, 2.05) is 12.1 Å². The minimum absolute atomic E-state index is 0. The number of methoxy groups -OCH3 is 3. The van der Waals surface area contributed by atoms with Crippen molar-refractivity contribution < 1.29 is 18.9 Å². The quantitative estimate of drug-likeness (QED) is 0.750. The highest BCUT2D eigenvalue weighted by molar-refractivity contribution is 5.85. The molecule has 3 unspecified atom stereocenters. The molecule has 0 radical (unpaired) electrons. The van der Waals surface area contributed by atoms with Gasteiger partial charge in [-0.05, 0) is 24.8 Å². The number of rotatable bonds is 7. The summed E-state index contributed by atoms with van der Waals surface area (Å²) in [5.41, 5.74) is 1.08. The van der Waals surface area contributed by atoms with E-state index in [1.54, 1.807) is 21.3 Å². The van der Waals surface area contributed by atoms with Crippen molar-refractivity contribution in [3.63, 3.8) is 0 Å². The van der Waals surface area contributed by atoms with Gasteiger partial charge in [0, 0.05) is 30.7 Å². The van der Waals surface area contributed by atoms with E-state index in [-0.39, 0.29) is 12.4 Å². The zero-order valence-electron chi connectivity index (χ0n) is 15.9. The predicted molar refractivity (Wildman–Crippen MR) is 104 cm³/mol. The van der Waals surface area contributed by atoms with Crippen molar-refractivity contribution in [1.82, 2.24) is 10.6 Å². The van der Waals surface area contributed by atoms with Crippen LogP contribution in [0.2, 0.25) is 0 Å². The zero-order valence-corrected chi connectivity index (χ0v) is 16.7. The molecule has 1 heterocycles. The smallest absolute Gasteiger partial charge is 0.203 e. The van der Waals surface area contributed by atoms with Crippen molar-refractivity contribution >= 4 is 12.4 Å². The van der Waals surface area contributed by atoms with Gasteiger partial charge in [-0.1, -0.05) is 12.5 Å². The summed E-state index contributed by atoms with van der Waals surface area (Å²) in [6, 6.07) is 4.93. The lowest BCUT2D eigenvalue weighted by Gasteiger charge is -2.33. The fourth-order valence-electron chi connectivity index (χ4n) is 4.13. The maximum absolute atomic E-state index is 5.66. The van der Waals surface area contributed by atoms with Crippen molar-refractivity contribution in [3.8, 4) is 17.2 Å². The van der Waals surface area contributed by atoms with Gasteiger partial charge in [0.1, 0.15) is 0 Å². The molecule has 1 aliphatic heterocycles. The number of hydrogen-bond acceptors (Lipinski definition) is 6. The zero-order chi connectivity index (χ0) is 17.6. The van der Waals surface area contributed by atoms with Crippen LogP contribution >= 0.6 is 12.4 Å². The Labute approximate surface area is 162 Å². The molecule has 0 bridgehead atoms. The lowest BCUT2D eigenvalue weighted by molar-refractivity contribution is 0.0524. The SMILES string of the molecule is COc1ccc(CNC2CCCC2C2COCCN2)c(OC)c1OC.Cl. The van der Waals surface area contributed by atoms with E-state index in [1.165, 1.54) is 19.3 Å². The number of halogens is 1. The van der Waals surface area contributed by atoms with E-state index in [0.717, 1.165) is 37.6 Å². The van der Waals surface area contributed by atoms with E-state index in [0.29, 0.717) is 29.5 Å². The van der Waals surface area contributed by atoms with E-state index < -0.39 is 0 Å². The fourth-order valence-corrected chi connectivity index (χ4v) is 4.13. The molecule has 6 nitrogen and oxygen atoms in total. The summed E-state index contributed by atoms with van der Waals surface area (Å²) in [5, 5.41) is 7.36. The number of morpholine rings is 1. The molecular formula is C19H31ClN2O4. The second-order valence-electron chi connectivity index (χ2n) is 6.71. The van der Waals surface area contributed by atoms with Crippen LogP contribution < -0.4 is 24.8 Å². The number of nitrogens with one attached hydrogen (secondary N) is 2. The molecule has 3 rings (SSSR count). The van der Waals surface area contributed by atoms with Crippen LogP contribution in [0.15, 0.2) is 12.1 Å². The van der Waals surface area contributed by atoms with Gasteiger partial charge in [-0.15, -0.1) is 12.4 Å². The van der Waals surface area contributed by atoms with Crippen molar-refractivity contribution in [1.29, 1.82) is 0 Å². The predicted octanol–water partition coefficient (Wildman–Crippen LogP) is 2.38. The Morgan fingerprint density at radius 3 is 2.58 bits per heavy atom. The third kappa shape index (κ3) is 4.55. The minimum Gasteiger partial charge on any atom is -0.493 e. The maximum Gasteiger partial charge on any atom is 0.203 e. The molecule has 2 N–H and O–H groups in total. The number of hydrogen-bond donors (Lipinski definition) is 2. The summed E-state index contributed by atoms with van der Waals surface area (Å²) < 4.78 is 22.1. The second kappa shape index (κ2) is 10.2. The van der Waals surface area contributed by atoms with Crippen molar-refractivity contribution in [2.75, 3.05) is 41.1 Å². The topological polar surface area (TPSA) is 61.0 Å². The van der Waals surface area contributed by atoms with E-state index in [4.69, 9.17) is 18.9 Å². The molecular weight excluding hydrogens is 356 g/mol. The monoisotopic (exact) mass is 386 g/mol. The van der Waals surface area contributed by atoms with Gasteiger partial charge >= 0.3 is 0 Å². The maximum atomic E-state index is 5.66. The first-order valence-corrected chi connectivity index (χ1v) is 9.10. The van der Waals surface area contributed by atoms with Gasteiger partial charge in [-0.3, -0.25) is 0 Å².